The number of benzene rings is 3. The van der Waals surface area contributed by atoms with Gasteiger partial charge in [-0.25, -0.2) is 4.98 Å². The maximum Gasteiger partial charge on any atom is 0.161 e. The summed E-state index contributed by atoms with van der Waals surface area (Å²) in [4.78, 5) is 4.70. The zero-order valence-electron chi connectivity index (χ0n) is 18.6. The van der Waals surface area contributed by atoms with Gasteiger partial charge in [-0.2, -0.15) is 5.26 Å². The van der Waals surface area contributed by atoms with Crippen LogP contribution in [0.1, 0.15) is 28.6 Å². The fraction of sp³-hybridized carbons (Fsp3) is 0.143. The van der Waals surface area contributed by atoms with E-state index in [-0.39, 0.29) is 0 Å². The van der Waals surface area contributed by atoms with E-state index in [4.69, 9.17) is 14.5 Å². The molecule has 0 saturated heterocycles. The van der Waals surface area contributed by atoms with Gasteiger partial charge in [-0.05, 0) is 41.3 Å². The van der Waals surface area contributed by atoms with Crippen LogP contribution in [0.3, 0.4) is 0 Å². The van der Waals surface area contributed by atoms with Crippen molar-refractivity contribution in [3.05, 3.63) is 99.9 Å². The van der Waals surface area contributed by atoms with Crippen molar-refractivity contribution in [2.75, 3.05) is 7.11 Å². The van der Waals surface area contributed by atoms with Gasteiger partial charge in [0.05, 0.1) is 18.4 Å². The minimum absolute atomic E-state index is 0.455. The second-order valence-electron chi connectivity index (χ2n) is 7.44. The third-order valence-corrected chi connectivity index (χ3v) is 6.12. The van der Waals surface area contributed by atoms with E-state index in [2.05, 4.69) is 37.3 Å². The number of nitriles is 1. The van der Waals surface area contributed by atoms with Gasteiger partial charge in [0.15, 0.2) is 11.5 Å². The summed E-state index contributed by atoms with van der Waals surface area (Å²) in [6.45, 7) is 2.59. The normalized spacial score (nSPS) is 11.1. The van der Waals surface area contributed by atoms with Crippen LogP contribution in [0.5, 0.6) is 11.5 Å². The lowest BCUT2D eigenvalue weighted by Gasteiger charge is -2.11. The van der Waals surface area contributed by atoms with Gasteiger partial charge >= 0.3 is 0 Å². The highest BCUT2D eigenvalue weighted by atomic mass is 32.1. The number of rotatable bonds is 8. The van der Waals surface area contributed by atoms with E-state index in [1.54, 1.807) is 7.11 Å². The van der Waals surface area contributed by atoms with Gasteiger partial charge in [-0.3, -0.25) is 0 Å². The number of aromatic nitrogens is 1. The highest BCUT2D eigenvalue weighted by molar-refractivity contribution is 7.11. The Balaban J connectivity index is 1.54. The summed E-state index contributed by atoms with van der Waals surface area (Å²) in [6, 6.07) is 26.3. The van der Waals surface area contributed by atoms with Crippen LogP contribution in [0.25, 0.3) is 22.9 Å². The van der Waals surface area contributed by atoms with Crippen molar-refractivity contribution in [3.63, 3.8) is 0 Å². The second kappa shape index (κ2) is 10.6. The van der Waals surface area contributed by atoms with Crippen LogP contribution in [0.15, 0.2) is 78.2 Å². The monoisotopic (exact) mass is 452 g/mol. The van der Waals surface area contributed by atoms with Crippen LogP contribution < -0.4 is 9.47 Å². The largest absolute Gasteiger partial charge is 0.493 e. The van der Waals surface area contributed by atoms with Crippen LogP contribution in [0, 0.1) is 11.3 Å². The van der Waals surface area contributed by atoms with Gasteiger partial charge in [0.25, 0.3) is 0 Å². The van der Waals surface area contributed by atoms with Gasteiger partial charge in [-0.15, -0.1) is 11.3 Å². The molecule has 33 heavy (non-hydrogen) atoms. The molecule has 1 aromatic heterocycles. The summed E-state index contributed by atoms with van der Waals surface area (Å²) in [6.07, 6.45) is 2.83. The molecular weight excluding hydrogens is 428 g/mol. The predicted molar refractivity (Wildman–Crippen MR) is 134 cm³/mol. The zero-order chi connectivity index (χ0) is 23.0. The van der Waals surface area contributed by atoms with Crippen molar-refractivity contribution in [3.8, 4) is 28.8 Å². The average Bonchev–Trinajstić information content (AvgIpc) is 3.37. The standard InChI is InChI=1S/C28H24N2O2S/c1-3-20-9-12-23(13-10-20)25-19-33-28(30-25)24(17-29)15-22-11-14-26(27(16-22)31-2)32-18-21-7-5-4-6-8-21/h4-16,19H,3,18H2,1-2H3. The quantitative estimate of drug-likeness (QED) is 0.269. The maximum atomic E-state index is 9.77. The number of aryl methyl sites for hydroxylation is 1. The van der Waals surface area contributed by atoms with Crippen molar-refractivity contribution in [2.45, 2.75) is 20.0 Å². The summed E-state index contributed by atoms with van der Waals surface area (Å²) >= 11 is 1.47. The first-order chi connectivity index (χ1) is 16.2. The lowest BCUT2D eigenvalue weighted by Crippen LogP contribution is -1.97. The Kier molecular flexibility index (Phi) is 7.19. The molecule has 0 aliphatic rings. The number of hydrogen-bond acceptors (Lipinski definition) is 5. The third-order valence-electron chi connectivity index (χ3n) is 5.25. The first kappa shape index (κ1) is 22.3. The lowest BCUT2D eigenvalue weighted by molar-refractivity contribution is 0.284. The Morgan fingerprint density at radius 1 is 1.00 bits per heavy atom. The molecular formula is C28H24N2O2S. The highest BCUT2D eigenvalue weighted by Crippen LogP contribution is 2.32. The summed E-state index contributed by atoms with van der Waals surface area (Å²) in [5.41, 5.74) is 5.65. The molecule has 4 aromatic rings. The molecule has 0 unspecified atom stereocenters. The summed E-state index contributed by atoms with van der Waals surface area (Å²) in [7, 11) is 1.61. The van der Waals surface area contributed by atoms with E-state index >= 15 is 0 Å². The minimum atomic E-state index is 0.455. The van der Waals surface area contributed by atoms with Gasteiger partial charge in [-0.1, -0.05) is 67.6 Å². The van der Waals surface area contributed by atoms with Gasteiger partial charge in [0.2, 0.25) is 0 Å². The SMILES string of the molecule is CCc1ccc(-c2csc(C(C#N)=Cc3ccc(OCc4ccccc4)c(OC)c3)n2)cc1. The molecule has 0 N–H and O–H groups in total. The molecule has 0 bridgehead atoms. The molecule has 164 valence electrons. The summed E-state index contributed by atoms with van der Waals surface area (Å²) < 4.78 is 11.5. The summed E-state index contributed by atoms with van der Waals surface area (Å²) in [5, 5.41) is 12.5. The van der Waals surface area contributed by atoms with Crippen LogP contribution >= 0.6 is 11.3 Å². The first-order valence-corrected chi connectivity index (χ1v) is 11.6. The van der Waals surface area contributed by atoms with Gasteiger partial charge < -0.3 is 9.47 Å². The lowest BCUT2D eigenvalue weighted by atomic mass is 10.1. The molecule has 3 aromatic carbocycles. The van der Waals surface area contributed by atoms with E-state index < -0.39 is 0 Å². The van der Waals surface area contributed by atoms with Crippen molar-refractivity contribution >= 4 is 23.0 Å². The molecule has 5 heteroatoms. The van der Waals surface area contributed by atoms with Crippen molar-refractivity contribution in [1.29, 1.82) is 5.26 Å². The number of allylic oxidation sites excluding steroid dienone is 1. The topological polar surface area (TPSA) is 55.1 Å². The minimum Gasteiger partial charge on any atom is -0.493 e. The van der Waals surface area contributed by atoms with Gasteiger partial charge in [0.1, 0.15) is 17.7 Å². The fourth-order valence-corrected chi connectivity index (χ4v) is 4.17. The molecule has 0 saturated carbocycles. The van der Waals surface area contributed by atoms with E-state index in [1.807, 2.05) is 60.0 Å². The van der Waals surface area contributed by atoms with E-state index in [9.17, 15) is 5.26 Å². The third kappa shape index (κ3) is 5.49. The molecule has 1 heterocycles. The number of nitrogens with zero attached hydrogens (tertiary/aromatic N) is 2. The average molecular weight is 453 g/mol. The molecule has 0 aliphatic heterocycles. The number of hydrogen-bond donors (Lipinski definition) is 0. The molecule has 0 radical (unpaired) electrons. The zero-order valence-corrected chi connectivity index (χ0v) is 19.4. The van der Waals surface area contributed by atoms with Crippen LogP contribution in [0.4, 0.5) is 0 Å². The molecule has 4 rings (SSSR count). The fourth-order valence-electron chi connectivity index (χ4n) is 3.38. The Bertz CT molecular complexity index is 1290. The summed E-state index contributed by atoms with van der Waals surface area (Å²) in [5.74, 6) is 1.27. The number of ether oxygens (including phenoxy) is 2. The molecule has 0 aliphatic carbocycles. The molecule has 0 atom stereocenters. The Labute approximate surface area is 198 Å². The van der Waals surface area contributed by atoms with Crippen molar-refractivity contribution in [2.24, 2.45) is 0 Å². The predicted octanol–water partition coefficient (Wildman–Crippen LogP) is 7.02. The van der Waals surface area contributed by atoms with Crippen LogP contribution in [-0.4, -0.2) is 12.1 Å². The van der Waals surface area contributed by atoms with E-state index in [0.717, 1.165) is 28.8 Å². The van der Waals surface area contributed by atoms with Crippen molar-refractivity contribution in [1.82, 2.24) is 4.98 Å². The highest BCUT2D eigenvalue weighted by Gasteiger charge is 2.11. The van der Waals surface area contributed by atoms with Gasteiger partial charge in [0, 0.05) is 10.9 Å². The molecule has 0 fully saturated rings. The Morgan fingerprint density at radius 3 is 2.48 bits per heavy atom. The molecule has 4 nitrogen and oxygen atoms in total. The second-order valence-corrected chi connectivity index (χ2v) is 8.30. The maximum absolute atomic E-state index is 9.77. The Hall–Kier alpha value is -3.88. The number of thiazole rings is 1. The Morgan fingerprint density at radius 2 is 1.79 bits per heavy atom. The molecule has 0 amide bonds. The van der Waals surface area contributed by atoms with Crippen LogP contribution in [0.2, 0.25) is 0 Å². The van der Waals surface area contributed by atoms with E-state index in [0.29, 0.717) is 28.7 Å². The smallest absolute Gasteiger partial charge is 0.161 e. The van der Waals surface area contributed by atoms with Crippen LogP contribution in [-0.2, 0) is 13.0 Å². The number of methoxy groups -OCH3 is 1. The first-order valence-electron chi connectivity index (χ1n) is 10.7. The molecule has 0 spiro atoms. The van der Waals surface area contributed by atoms with Crippen molar-refractivity contribution < 1.29 is 9.47 Å². The van der Waals surface area contributed by atoms with E-state index in [1.165, 1.54) is 16.9 Å².